The number of hydrogen-bond acceptors (Lipinski definition) is 3. The summed E-state index contributed by atoms with van der Waals surface area (Å²) in [6.07, 6.45) is 0. The Morgan fingerprint density at radius 3 is 2.76 bits per heavy atom. The maximum Gasteiger partial charge on any atom is 0.143 e. The van der Waals surface area contributed by atoms with Crippen molar-refractivity contribution in [3.8, 4) is 6.07 Å². The molecule has 0 aliphatic carbocycles. The molecule has 0 spiro atoms. The number of pyridine rings is 1. The topological polar surface area (TPSA) is 48.7 Å². The molecule has 1 aromatic heterocycles. The van der Waals surface area contributed by atoms with E-state index < -0.39 is 0 Å². The number of nitriles is 1. The first-order valence-corrected chi connectivity index (χ1v) is 6.54. The van der Waals surface area contributed by atoms with Gasteiger partial charge in [0.15, 0.2) is 0 Å². The molecule has 0 fully saturated rings. The van der Waals surface area contributed by atoms with Crippen LogP contribution in [-0.2, 0) is 6.54 Å². The summed E-state index contributed by atoms with van der Waals surface area (Å²) in [5.74, 6) is -0.258. The summed E-state index contributed by atoms with van der Waals surface area (Å²) in [7, 11) is 0. The van der Waals surface area contributed by atoms with Crippen molar-refractivity contribution in [3.63, 3.8) is 0 Å². The predicted molar refractivity (Wildman–Crippen MR) is 80.2 cm³/mol. The highest BCUT2D eigenvalue weighted by atomic mass is 19.1. The Bertz CT molecular complexity index is 837. The zero-order valence-electron chi connectivity index (χ0n) is 11.2. The normalized spacial score (nSPS) is 10.3. The smallest absolute Gasteiger partial charge is 0.143 e. The molecular formula is C17H12FN3. The fourth-order valence-electron chi connectivity index (χ4n) is 2.22. The van der Waals surface area contributed by atoms with Crippen LogP contribution in [0.4, 0.5) is 10.1 Å². The van der Waals surface area contributed by atoms with Crippen molar-refractivity contribution in [1.29, 1.82) is 5.26 Å². The van der Waals surface area contributed by atoms with E-state index in [0.29, 0.717) is 12.2 Å². The first-order valence-electron chi connectivity index (χ1n) is 6.54. The summed E-state index contributed by atoms with van der Waals surface area (Å²) >= 11 is 0. The van der Waals surface area contributed by atoms with Gasteiger partial charge in [0.2, 0.25) is 0 Å². The zero-order chi connectivity index (χ0) is 14.7. The number of aromatic nitrogens is 1. The number of fused-ring (bicyclic) bond motifs is 1. The third-order valence-electron chi connectivity index (χ3n) is 3.20. The van der Waals surface area contributed by atoms with E-state index >= 15 is 0 Å². The van der Waals surface area contributed by atoms with Crippen molar-refractivity contribution in [2.75, 3.05) is 5.32 Å². The van der Waals surface area contributed by atoms with Crippen molar-refractivity contribution in [2.45, 2.75) is 6.54 Å². The highest BCUT2D eigenvalue weighted by molar-refractivity contribution is 5.91. The quantitative estimate of drug-likeness (QED) is 0.791. The van der Waals surface area contributed by atoms with E-state index in [9.17, 15) is 4.39 Å². The number of benzene rings is 2. The summed E-state index contributed by atoms with van der Waals surface area (Å²) in [5, 5.41) is 13.2. The molecule has 1 N–H and O–H groups in total. The van der Waals surface area contributed by atoms with Crippen molar-refractivity contribution >= 4 is 16.6 Å². The van der Waals surface area contributed by atoms with Gasteiger partial charge in [0.1, 0.15) is 17.6 Å². The SMILES string of the molecule is N#Cc1cc(NCc2cccc(F)c2)c2ccccc2n1. The third-order valence-corrected chi connectivity index (χ3v) is 3.20. The average molecular weight is 277 g/mol. The summed E-state index contributed by atoms with van der Waals surface area (Å²) in [6, 6.07) is 17.8. The molecular weight excluding hydrogens is 265 g/mol. The fourth-order valence-corrected chi connectivity index (χ4v) is 2.22. The van der Waals surface area contributed by atoms with Crippen molar-refractivity contribution in [2.24, 2.45) is 0 Å². The molecule has 3 aromatic rings. The van der Waals surface area contributed by atoms with Crippen LogP contribution in [0.2, 0.25) is 0 Å². The fraction of sp³-hybridized carbons (Fsp3) is 0.0588. The molecule has 102 valence electrons. The molecule has 0 saturated heterocycles. The lowest BCUT2D eigenvalue weighted by Crippen LogP contribution is -2.01. The van der Waals surface area contributed by atoms with E-state index in [1.165, 1.54) is 12.1 Å². The van der Waals surface area contributed by atoms with Gasteiger partial charge in [-0.3, -0.25) is 0 Å². The Hall–Kier alpha value is -2.93. The number of rotatable bonds is 3. The van der Waals surface area contributed by atoms with Crippen LogP contribution in [0.5, 0.6) is 0 Å². The zero-order valence-corrected chi connectivity index (χ0v) is 11.2. The highest BCUT2D eigenvalue weighted by Crippen LogP contribution is 2.23. The Morgan fingerprint density at radius 2 is 1.95 bits per heavy atom. The maximum atomic E-state index is 13.2. The van der Waals surface area contributed by atoms with Crippen LogP contribution in [0.1, 0.15) is 11.3 Å². The van der Waals surface area contributed by atoms with E-state index in [4.69, 9.17) is 5.26 Å². The molecule has 21 heavy (non-hydrogen) atoms. The van der Waals surface area contributed by atoms with Gasteiger partial charge in [-0.25, -0.2) is 9.37 Å². The summed E-state index contributed by atoms with van der Waals surface area (Å²) in [4.78, 5) is 4.26. The van der Waals surface area contributed by atoms with Crippen LogP contribution in [0.25, 0.3) is 10.9 Å². The van der Waals surface area contributed by atoms with E-state index in [1.807, 2.05) is 30.3 Å². The van der Waals surface area contributed by atoms with Crippen molar-refractivity contribution < 1.29 is 4.39 Å². The summed E-state index contributed by atoms with van der Waals surface area (Å²) in [5.41, 5.74) is 2.78. The Labute approximate surface area is 121 Å². The second-order valence-corrected chi connectivity index (χ2v) is 4.67. The summed E-state index contributed by atoms with van der Waals surface area (Å²) < 4.78 is 13.2. The molecule has 0 radical (unpaired) electrons. The molecule has 0 unspecified atom stereocenters. The number of halogens is 1. The molecule has 3 nitrogen and oxygen atoms in total. The van der Waals surface area contributed by atoms with Gasteiger partial charge in [0, 0.05) is 17.6 Å². The molecule has 1 heterocycles. The van der Waals surface area contributed by atoms with Gasteiger partial charge in [-0.15, -0.1) is 0 Å². The van der Waals surface area contributed by atoms with Gasteiger partial charge in [0.25, 0.3) is 0 Å². The van der Waals surface area contributed by atoms with Crippen LogP contribution >= 0.6 is 0 Å². The van der Waals surface area contributed by atoms with E-state index in [0.717, 1.165) is 22.2 Å². The molecule has 0 aliphatic rings. The molecule has 0 amide bonds. The first kappa shape index (κ1) is 13.1. The van der Waals surface area contributed by atoms with E-state index in [-0.39, 0.29) is 5.82 Å². The minimum atomic E-state index is -0.258. The number of anilines is 1. The van der Waals surface area contributed by atoms with Gasteiger partial charge in [-0.05, 0) is 29.8 Å². The standard InChI is InChI=1S/C17H12FN3/c18-13-5-3-4-12(8-13)11-20-17-9-14(10-19)21-16-7-2-1-6-15(16)17/h1-9H,11H2,(H,20,21). The lowest BCUT2D eigenvalue weighted by molar-refractivity contribution is 0.626. The highest BCUT2D eigenvalue weighted by Gasteiger charge is 2.05. The van der Waals surface area contributed by atoms with Gasteiger partial charge in [0.05, 0.1) is 5.52 Å². The first-order chi connectivity index (χ1) is 10.3. The Morgan fingerprint density at radius 1 is 1.10 bits per heavy atom. The van der Waals surface area contributed by atoms with Crippen molar-refractivity contribution in [1.82, 2.24) is 4.98 Å². The number of nitrogens with zero attached hydrogens (tertiary/aromatic N) is 2. The third kappa shape index (κ3) is 2.82. The lowest BCUT2D eigenvalue weighted by Gasteiger charge is -2.10. The maximum absolute atomic E-state index is 13.2. The van der Waals surface area contributed by atoms with Crippen molar-refractivity contribution in [3.05, 3.63) is 71.7 Å². The van der Waals surface area contributed by atoms with Crippen LogP contribution < -0.4 is 5.32 Å². The second-order valence-electron chi connectivity index (χ2n) is 4.67. The van der Waals surface area contributed by atoms with E-state index in [2.05, 4.69) is 16.4 Å². The number of para-hydroxylation sites is 1. The van der Waals surface area contributed by atoms with Gasteiger partial charge < -0.3 is 5.32 Å². The second kappa shape index (κ2) is 5.59. The number of hydrogen-bond donors (Lipinski definition) is 1. The minimum absolute atomic E-state index is 0.258. The van der Waals surface area contributed by atoms with Gasteiger partial charge >= 0.3 is 0 Å². The average Bonchev–Trinajstić information content (AvgIpc) is 2.52. The summed E-state index contributed by atoms with van der Waals surface area (Å²) in [6.45, 7) is 0.483. The van der Waals surface area contributed by atoms with Crippen LogP contribution in [0.3, 0.4) is 0 Å². The molecule has 0 bridgehead atoms. The lowest BCUT2D eigenvalue weighted by atomic mass is 10.1. The van der Waals surface area contributed by atoms with Gasteiger partial charge in [-0.2, -0.15) is 5.26 Å². The molecule has 3 rings (SSSR count). The van der Waals surface area contributed by atoms with Crippen LogP contribution in [-0.4, -0.2) is 4.98 Å². The van der Waals surface area contributed by atoms with Crippen LogP contribution in [0, 0.1) is 17.1 Å². The molecule has 0 aliphatic heterocycles. The van der Waals surface area contributed by atoms with E-state index in [1.54, 1.807) is 12.1 Å². The molecule has 4 heteroatoms. The number of nitrogens with one attached hydrogen (secondary N) is 1. The molecule has 2 aromatic carbocycles. The van der Waals surface area contributed by atoms with Crippen LogP contribution in [0.15, 0.2) is 54.6 Å². The Kier molecular flexibility index (Phi) is 3.48. The van der Waals surface area contributed by atoms with Gasteiger partial charge in [-0.1, -0.05) is 30.3 Å². The predicted octanol–water partition coefficient (Wildman–Crippen LogP) is 3.86. The largest absolute Gasteiger partial charge is 0.380 e. The minimum Gasteiger partial charge on any atom is -0.380 e. The molecule has 0 atom stereocenters. The molecule has 0 saturated carbocycles. The monoisotopic (exact) mass is 277 g/mol. The Balaban J connectivity index is 1.94.